The number of ether oxygens (including phenoxy) is 1. The van der Waals surface area contributed by atoms with Crippen molar-refractivity contribution in [2.75, 3.05) is 6.54 Å². The predicted molar refractivity (Wildman–Crippen MR) is 103 cm³/mol. The van der Waals surface area contributed by atoms with Crippen LogP contribution < -0.4 is 5.32 Å². The van der Waals surface area contributed by atoms with Gasteiger partial charge >= 0.3 is 5.97 Å². The molecule has 27 heavy (non-hydrogen) atoms. The van der Waals surface area contributed by atoms with E-state index in [1.54, 1.807) is 36.4 Å². The van der Waals surface area contributed by atoms with Gasteiger partial charge in [-0.1, -0.05) is 51.1 Å². The van der Waals surface area contributed by atoms with Crippen LogP contribution in [0.1, 0.15) is 54.2 Å². The summed E-state index contributed by atoms with van der Waals surface area (Å²) in [4.78, 5) is 24.0. The normalized spacial score (nSPS) is 10.7. The number of carbonyl (C=O) groups is 2. The van der Waals surface area contributed by atoms with Crippen molar-refractivity contribution in [1.82, 2.24) is 5.32 Å². The van der Waals surface area contributed by atoms with E-state index in [1.807, 2.05) is 12.1 Å². The van der Waals surface area contributed by atoms with Crippen LogP contribution in [0.15, 0.2) is 48.5 Å². The van der Waals surface area contributed by atoms with Gasteiger partial charge in [0.15, 0.2) is 0 Å². The summed E-state index contributed by atoms with van der Waals surface area (Å²) in [5.41, 5.74) is 2.89. The zero-order valence-corrected chi connectivity index (χ0v) is 15.9. The number of carbonyl (C=O) groups excluding carboxylic acids is 2. The fourth-order valence-corrected chi connectivity index (χ4v) is 2.49. The first-order chi connectivity index (χ1) is 12.8. The van der Waals surface area contributed by atoms with Gasteiger partial charge in [0.2, 0.25) is 0 Å². The van der Waals surface area contributed by atoms with Crippen molar-refractivity contribution in [2.24, 2.45) is 0 Å². The summed E-state index contributed by atoms with van der Waals surface area (Å²) in [6.45, 7) is 6.58. The molecule has 0 heterocycles. The number of hydrogen-bond acceptors (Lipinski definition) is 4. The lowest BCUT2D eigenvalue weighted by atomic mass is 9.87. The summed E-state index contributed by atoms with van der Waals surface area (Å²) in [5.74, 6) is -0.649. The molecule has 2 rings (SSSR count). The molecule has 0 aliphatic carbocycles. The summed E-state index contributed by atoms with van der Waals surface area (Å²) in [6, 6.07) is 16.5. The Kier molecular flexibility index (Phi) is 6.73. The van der Waals surface area contributed by atoms with Crippen LogP contribution in [0.4, 0.5) is 0 Å². The van der Waals surface area contributed by atoms with E-state index in [4.69, 9.17) is 10.00 Å². The maximum absolute atomic E-state index is 12.2. The van der Waals surface area contributed by atoms with Crippen LogP contribution in [0.2, 0.25) is 0 Å². The van der Waals surface area contributed by atoms with Crippen LogP contribution in [0.5, 0.6) is 0 Å². The van der Waals surface area contributed by atoms with E-state index in [1.165, 1.54) is 0 Å². The minimum absolute atomic E-state index is 0.0307. The molecule has 0 radical (unpaired) electrons. The van der Waals surface area contributed by atoms with Gasteiger partial charge in [0.1, 0.15) is 6.61 Å². The molecule has 0 aliphatic heterocycles. The van der Waals surface area contributed by atoms with Gasteiger partial charge in [-0.3, -0.25) is 9.59 Å². The molecule has 0 aliphatic rings. The van der Waals surface area contributed by atoms with E-state index in [-0.39, 0.29) is 30.9 Å². The number of nitriles is 1. The number of esters is 1. The summed E-state index contributed by atoms with van der Waals surface area (Å²) < 4.78 is 5.17. The predicted octanol–water partition coefficient (Wildman–Crippen LogP) is 3.72. The van der Waals surface area contributed by atoms with Gasteiger partial charge in [-0.2, -0.15) is 5.26 Å². The zero-order valence-electron chi connectivity index (χ0n) is 15.9. The van der Waals surface area contributed by atoms with Crippen LogP contribution in [0.25, 0.3) is 0 Å². The molecule has 0 unspecified atom stereocenters. The maximum atomic E-state index is 12.2. The quantitative estimate of drug-likeness (QED) is 0.792. The summed E-state index contributed by atoms with van der Waals surface area (Å²) in [7, 11) is 0. The van der Waals surface area contributed by atoms with E-state index in [9.17, 15) is 9.59 Å². The van der Waals surface area contributed by atoms with E-state index >= 15 is 0 Å². The number of benzene rings is 2. The molecule has 2 aromatic carbocycles. The van der Waals surface area contributed by atoms with Crippen LogP contribution in [0, 0.1) is 11.3 Å². The minimum Gasteiger partial charge on any atom is -0.461 e. The van der Waals surface area contributed by atoms with Crippen molar-refractivity contribution in [3.63, 3.8) is 0 Å². The molecule has 0 atom stereocenters. The molecule has 0 bridgehead atoms. The van der Waals surface area contributed by atoms with Crippen LogP contribution in [0.3, 0.4) is 0 Å². The zero-order chi connectivity index (χ0) is 19.9. The Morgan fingerprint density at radius 2 is 1.74 bits per heavy atom. The summed E-state index contributed by atoms with van der Waals surface area (Å²) in [5, 5.41) is 11.7. The fourth-order valence-electron chi connectivity index (χ4n) is 2.49. The topological polar surface area (TPSA) is 79.2 Å². The molecular formula is C22H24N2O3. The van der Waals surface area contributed by atoms with Crippen molar-refractivity contribution in [1.29, 1.82) is 5.26 Å². The number of amides is 1. The Bertz CT molecular complexity index is 843. The second-order valence-electron chi connectivity index (χ2n) is 7.26. The molecule has 0 fully saturated rings. The fraction of sp³-hybridized carbons (Fsp3) is 0.318. The molecule has 0 saturated carbocycles. The lowest BCUT2D eigenvalue weighted by molar-refractivity contribution is -0.144. The van der Waals surface area contributed by atoms with Gasteiger partial charge in [-0.05, 0) is 29.2 Å². The molecule has 0 aromatic heterocycles. The van der Waals surface area contributed by atoms with Gasteiger partial charge in [0.25, 0.3) is 5.91 Å². The summed E-state index contributed by atoms with van der Waals surface area (Å²) >= 11 is 0. The number of nitrogens with one attached hydrogen (secondary N) is 1. The molecule has 5 heteroatoms. The monoisotopic (exact) mass is 364 g/mol. The Morgan fingerprint density at radius 3 is 2.37 bits per heavy atom. The highest BCUT2D eigenvalue weighted by Crippen LogP contribution is 2.22. The highest BCUT2D eigenvalue weighted by molar-refractivity contribution is 5.94. The van der Waals surface area contributed by atoms with E-state index in [0.29, 0.717) is 16.7 Å². The first-order valence-electron chi connectivity index (χ1n) is 8.83. The van der Waals surface area contributed by atoms with E-state index in [0.717, 1.165) is 5.56 Å². The molecule has 0 saturated heterocycles. The minimum atomic E-state index is -0.425. The van der Waals surface area contributed by atoms with Gasteiger partial charge < -0.3 is 10.1 Å². The van der Waals surface area contributed by atoms with Crippen LogP contribution in [-0.2, 0) is 21.6 Å². The van der Waals surface area contributed by atoms with Crippen LogP contribution in [-0.4, -0.2) is 18.4 Å². The summed E-state index contributed by atoms with van der Waals surface area (Å²) in [6.07, 6.45) is 0.0700. The largest absolute Gasteiger partial charge is 0.461 e. The second kappa shape index (κ2) is 9.00. The van der Waals surface area contributed by atoms with Crippen molar-refractivity contribution < 1.29 is 14.3 Å². The average Bonchev–Trinajstić information content (AvgIpc) is 2.66. The third-order valence-electron chi connectivity index (χ3n) is 4.15. The van der Waals surface area contributed by atoms with Gasteiger partial charge in [0.05, 0.1) is 18.1 Å². The first-order valence-corrected chi connectivity index (χ1v) is 8.83. The Labute approximate surface area is 160 Å². The third kappa shape index (κ3) is 5.96. The highest BCUT2D eigenvalue weighted by Gasteiger charge is 2.14. The molecule has 1 amide bonds. The third-order valence-corrected chi connectivity index (χ3v) is 4.15. The second-order valence-corrected chi connectivity index (χ2v) is 7.26. The molecule has 1 N–H and O–H groups in total. The van der Waals surface area contributed by atoms with Crippen molar-refractivity contribution >= 4 is 11.9 Å². The van der Waals surface area contributed by atoms with Gasteiger partial charge in [0, 0.05) is 17.7 Å². The van der Waals surface area contributed by atoms with E-state index in [2.05, 4.69) is 32.2 Å². The first kappa shape index (κ1) is 20.2. The number of nitrogens with zero attached hydrogens (tertiary/aromatic N) is 1. The van der Waals surface area contributed by atoms with Crippen molar-refractivity contribution in [3.8, 4) is 6.07 Å². The molecule has 0 spiro atoms. The smallest absolute Gasteiger partial charge is 0.307 e. The van der Waals surface area contributed by atoms with Gasteiger partial charge in [-0.25, -0.2) is 0 Å². The average molecular weight is 364 g/mol. The number of rotatable bonds is 6. The highest BCUT2D eigenvalue weighted by atomic mass is 16.5. The van der Waals surface area contributed by atoms with Crippen molar-refractivity contribution in [2.45, 2.75) is 39.2 Å². The maximum Gasteiger partial charge on any atom is 0.307 e. The van der Waals surface area contributed by atoms with E-state index < -0.39 is 5.97 Å². The molecule has 2 aromatic rings. The Hall–Kier alpha value is -3.13. The van der Waals surface area contributed by atoms with Crippen LogP contribution >= 0.6 is 0 Å². The SMILES string of the molecule is CC(C)(C)c1ccc(C(=O)NCCC(=O)OCc2ccccc2C#N)cc1. The number of hydrogen-bond donors (Lipinski definition) is 1. The van der Waals surface area contributed by atoms with Crippen molar-refractivity contribution in [3.05, 3.63) is 70.8 Å². The Morgan fingerprint density at radius 1 is 1.07 bits per heavy atom. The lowest BCUT2D eigenvalue weighted by Gasteiger charge is -2.19. The molecular weight excluding hydrogens is 340 g/mol. The standard InChI is InChI=1S/C22H24N2O3/c1-22(2,3)19-10-8-16(9-11-19)21(26)24-13-12-20(25)27-15-18-7-5-4-6-17(18)14-23/h4-11H,12-13,15H2,1-3H3,(H,24,26). The van der Waals surface area contributed by atoms with Gasteiger partial charge in [-0.15, -0.1) is 0 Å². The lowest BCUT2D eigenvalue weighted by Crippen LogP contribution is -2.26. The molecule has 140 valence electrons. The molecule has 5 nitrogen and oxygen atoms in total. The Balaban J connectivity index is 1.77.